The second-order valence-corrected chi connectivity index (χ2v) is 10.6. The van der Waals surface area contributed by atoms with Gasteiger partial charge in [0.05, 0.1) is 44.9 Å². The zero-order valence-electron chi connectivity index (χ0n) is 24.5. The quantitative estimate of drug-likeness (QED) is 0.464. The van der Waals surface area contributed by atoms with Gasteiger partial charge in [-0.05, 0) is 55.3 Å². The van der Waals surface area contributed by atoms with Crippen molar-refractivity contribution in [3.05, 3.63) is 83.9 Å². The smallest absolute Gasteiger partial charge is 0.254 e. The van der Waals surface area contributed by atoms with Crippen LogP contribution in [0.15, 0.2) is 72.8 Å². The van der Waals surface area contributed by atoms with Gasteiger partial charge in [-0.1, -0.05) is 30.3 Å². The fourth-order valence-corrected chi connectivity index (χ4v) is 5.23. The predicted octanol–water partition coefficient (Wildman–Crippen LogP) is 4.03. The first-order valence-corrected chi connectivity index (χ1v) is 14.5. The third kappa shape index (κ3) is 8.04. The number of likely N-dealkylation sites (N-methyl/N-ethyl adjacent to an activating group) is 1. The fourth-order valence-electron chi connectivity index (χ4n) is 5.23. The topological polar surface area (TPSA) is 107 Å². The molecule has 4 bridgehead atoms. The molecule has 1 N–H and O–H groups in total. The molecule has 0 aliphatic carbocycles. The third-order valence-electron chi connectivity index (χ3n) is 7.34. The number of benzene rings is 3. The Balaban J connectivity index is 1.32. The average molecular weight is 588 g/mol. The zero-order chi connectivity index (χ0) is 30.2. The van der Waals surface area contributed by atoms with Crippen LogP contribution in [0, 0.1) is 0 Å². The summed E-state index contributed by atoms with van der Waals surface area (Å²) in [6, 6.07) is 21.4. The molecule has 0 aromatic heterocycles. The van der Waals surface area contributed by atoms with Crippen molar-refractivity contribution in [2.24, 2.45) is 0 Å². The number of nitrogens with one attached hydrogen (secondary N) is 1. The number of fused-ring (bicyclic) bond motifs is 5. The van der Waals surface area contributed by atoms with Crippen LogP contribution in [0.5, 0.6) is 23.0 Å². The zero-order valence-corrected chi connectivity index (χ0v) is 24.5. The fraction of sp³-hybridized carbons (Fsp3) is 0.364. The normalized spacial score (nSPS) is 19.1. The molecule has 10 nitrogen and oxygen atoms in total. The van der Waals surface area contributed by atoms with Gasteiger partial charge in [0, 0.05) is 31.8 Å². The van der Waals surface area contributed by atoms with E-state index in [2.05, 4.69) is 5.32 Å². The molecule has 0 unspecified atom stereocenters. The molecule has 5 rings (SSSR count). The van der Waals surface area contributed by atoms with Crippen LogP contribution in [0.2, 0.25) is 0 Å². The van der Waals surface area contributed by atoms with E-state index >= 15 is 0 Å². The van der Waals surface area contributed by atoms with Gasteiger partial charge < -0.3 is 34.1 Å². The van der Waals surface area contributed by atoms with E-state index in [0.717, 1.165) is 5.56 Å². The van der Waals surface area contributed by atoms with Crippen molar-refractivity contribution in [3.63, 3.8) is 0 Å². The first-order valence-electron chi connectivity index (χ1n) is 14.5. The van der Waals surface area contributed by atoms with Crippen LogP contribution in [0.3, 0.4) is 0 Å². The van der Waals surface area contributed by atoms with Crippen molar-refractivity contribution in [2.45, 2.75) is 38.5 Å². The van der Waals surface area contributed by atoms with Gasteiger partial charge in [-0.25, -0.2) is 0 Å². The number of hydrogen-bond donors (Lipinski definition) is 1. The highest BCUT2D eigenvalue weighted by atomic mass is 16.5. The maximum absolute atomic E-state index is 13.4. The average Bonchev–Trinajstić information content (AvgIpc) is 3.00. The molecule has 0 spiro atoms. The van der Waals surface area contributed by atoms with Crippen LogP contribution in [-0.2, 0) is 20.9 Å². The monoisotopic (exact) mass is 587 g/mol. The van der Waals surface area contributed by atoms with E-state index in [9.17, 15) is 14.4 Å². The van der Waals surface area contributed by atoms with Gasteiger partial charge in [0.15, 0.2) is 0 Å². The molecule has 3 aromatic rings. The lowest BCUT2D eigenvalue weighted by Crippen LogP contribution is -2.58. The van der Waals surface area contributed by atoms with Crippen molar-refractivity contribution in [1.82, 2.24) is 15.1 Å². The Morgan fingerprint density at radius 2 is 1.81 bits per heavy atom. The molecule has 1 saturated heterocycles. The van der Waals surface area contributed by atoms with Crippen LogP contribution in [0.25, 0.3) is 0 Å². The van der Waals surface area contributed by atoms with E-state index in [1.54, 1.807) is 30.1 Å². The highest BCUT2D eigenvalue weighted by Gasteiger charge is 2.33. The van der Waals surface area contributed by atoms with Crippen molar-refractivity contribution in [1.29, 1.82) is 0 Å². The van der Waals surface area contributed by atoms with E-state index < -0.39 is 6.04 Å². The summed E-state index contributed by atoms with van der Waals surface area (Å²) in [6.45, 7) is 3.46. The number of rotatable bonds is 6. The number of carbonyl (C=O) groups excluding carboxylic acids is 3. The van der Waals surface area contributed by atoms with E-state index in [1.165, 1.54) is 4.90 Å². The third-order valence-corrected chi connectivity index (χ3v) is 7.34. The molecule has 3 aromatic carbocycles. The first-order chi connectivity index (χ1) is 20.9. The molecule has 1 fully saturated rings. The molecule has 2 atom stereocenters. The molecule has 226 valence electrons. The summed E-state index contributed by atoms with van der Waals surface area (Å²) >= 11 is 0. The maximum Gasteiger partial charge on any atom is 0.254 e. The van der Waals surface area contributed by atoms with Crippen LogP contribution in [0.4, 0.5) is 0 Å². The van der Waals surface area contributed by atoms with Gasteiger partial charge in [-0.3, -0.25) is 14.4 Å². The van der Waals surface area contributed by atoms with Crippen LogP contribution >= 0.6 is 0 Å². The van der Waals surface area contributed by atoms with Gasteiger partial charge in [-0.2, -0.15) is 0 Å². The highest BCUT2D eigenvalue weighted by molar-refractivity contribution is 5.97. The molecule has 2 aliphatic heterocycles. The summed E-state index contributed by atoms with van der Waals surface area (Å²) in [5, 5.41) is 3.03. The Morgan fingerprint density at radius 1 is 0.977 bits per heavy atom. The van der Waals surface area contributed by atoms with Crippen LogP contribution in [0.1, 0.15) is 35.7 Å². The number of carbonyl (C=O) groups is 3. The van der Waals surface area contributed by atoms with Crippen molar-refractivity contribution in [3.8, 4) is 23.0 Å². The number of likely N-dealkylation sites (tertiary alicyclic amines) is 1. The second-order valence-electron chi connectivity index (χ2n) is 10.6. The lowest BCUT2D eigenvalue weighted by molar-refractivity contribution is -0.137. The summed E-state index contributed by atoms with van der Waals surface area (Å²) in [7, 11) is 1.57. The maximum atomic E-state index is 13.4. The molecule has 0 radical (unpaired) electrons. The number of hydrogen-bond acceptors (Lipinski definition) is 7. The molecule has 3 amide bonds. The molecule has 10 heteroatoms. The second kappa shape index (κ2) is 14.1. The molecular formula is C33H37N3O7. The molecule has 2 aliphatic rings. The minimum Gasteiger partial charge on any atom is -0.494 e. The van der Waals surface area contributed by atoms with Gasteiger partial charge in [0.25, 0.3) is 5.91 Å². The predicted molar refractivity (Wildman–Crippen MR) is 159 cm³/mol. The summed E-state index contributed by atoms with van der Waals surface area (Å²) in [4.78, 5) is 42.7. The van der Waals surface area contributed by atoms with Gasteiger partial charge >= 0.3 is 0 Å². The highest BCUT2D eigenvalue weighted by Crippen LogP contribution is 2.29. The van der Waals surface area contributed by atoms with E-state index in [-0.39, 0.29) is 43.4 Å². The number of amides is 3. The van der Waals surface area contributed by atoms with Crippen LogP contribution in [-0.4, -0.2) is 79.6 Å². The van der Waals surface area contributed by atoms with E-state index in [0.29, 0.717) is 61.3 Å². The Bertz CT molecular complexity index is 1430. The van der Waals surface area contributed by atoms with Gasteiger partial charge in [0.2, 0.25) is 11.8 Å². The SMILES string of the molecule is CCOc1cc2cc(c1)C(=O)N(C)CC(=O)N[C@@H]1CN(C(=O)CCOc3ccccc3)CC[C@@H]1OCc1cccc(c1)O2. The molecule has 2 heterocycles. The minimum absolute atomic E-state index is 0.0575. The Kier molecular flexibility index (Phi) is 9.78. The van der Waals surface area contributed by atoms with Crippen molar-refractivity contribution in [2.75, 3.05) is 39.9 Å². The Hall–Kier alpha value is -4.57. The van der Waals surface area contributed by atoms with Crippen LogP contribution < -0.4 is 19.5 Å². The largest absolute Gasteiger partial charge is 0.494 e. The van der Waals surface area contributed by atoms with Gasteiger partial charge in [-0.15, -0.1) is 0 Å². The lowest BCUT2D eigenvalue weighted by Gasteiger charge is -2.39. The molecular weight excluding hydrogens is 550 g/mol. The Labute approximate surface area is 251 Å². The molecule has 43 heavy (non-hydrogen) atoms. The number of nitrogens with zero attached hydrogens (tertiary/aromatic N) is 2. The summed E-state index contributed by atoms with van der Waals surface area (Å²) in [5.74, 6) is 1.49. The summed E-state index contributed by atoms with van der Waals surface area (Å²) < 4.78 is 23.8. The number of ether oxygens (including phenoxy) is 4. The van der Waals surface area contributed by atoms with E-state index in [4.69, 9.17) is 18.9 Å². The minimum atomic E-state index is -0.455. The lowest BCUT2D eigenvalue weighted by atomic mass is 10.0. The summed E-state index contributed by atoms with van der Waals surface area (Å²) in [6.07, 6.45) is 0.438. The molecule has 0 saturated carbocycles. The number of piperidine rings is 1. The van der Waals surface area contributed by atoms with Crippen molar-refractivity contribution < 1.29 is 33.3 Å². The standard InChI is InChI=1S/C33H37N3O7/c1-3-40-27-17-24-18-28(19-27)43-26-11-7-8-23(16-26)22-42-30-12-14-36(20-29(30)34-31(37)21-35(2)33(24)39)32(38)13-15-41-25-9-5-4-6-10-25/h4-11,16-19,29-30H,3,12-15,20-22H2,1-2H3,(H,34,37)/t29-,30+/m1/s1. The number of para-hydroxylation sites is 1. The summed E-state index contributed by atoms with van der Waals surface area (Å²) in [5.41, 5.74) is 1.23. The first kappa shape index (κ1) is 29.9. The van der Waals surface area contributed by atoms with Gasteiger partial charge in [0.1, 0.15) is 23.0 Å². The van der Waals surface area contributed by atoms with Crippen molar-refractivity contribution >= 4 is 17.7 Å². The van der Waals surface area contributed by atoms with E-state index in [1.807, 2.05) is 61.5 Å². The Morgan fingerprint density at radius 3 is 2.63 bits per heavy atom.